The fourth-order valence-electron chi connectivity index (χ4n) is 2.20. The van der Waals surface area contributed by atoms with Crippen molar-refractivity contribution in [3.05, 3.63) is 45.9 Å². The Morgan fingerprint density at radius 2 is 2.08 bits per heavy atom. The fourth-order valence-corrected chi connectivity index (χ4v) is 2.99. The number of hydrogen-bond donors (Lipinski definition) is 3. The van der Waals surface area contributed by atoms with Crippen LogP contribution in [0.1, 0.15) is 23.2 Å². The number of thiazole rings is 1. The molecule has 0 fully saturated rings. The lowest BCUT2D eigenvalue weighted by atomic mass is 10.1. The summed E-state index contributed by atoms with van der Waals surface area (Å²) in [6.45, 7) is 3.56. The molecule has 0 atom stereocenters. The summed E-state index contributed by atoms with van der Waals surface area (Å²) < 4.78 is 37.6. The molecule has 0 aliphatic rings. The minimum atomic E-state index is -4.40. The standard InChI is InChI=1S/C17H21F3N4OS/c1-2-21-16(22-8-6-12-4-3-5-13(25)10-12)23-9-7-15-24-14(11-26-15)17(18,19)20/h3-5,10-11,25H,2,6-9H2,1H3,(H2,21,22,23). The minimum absolute atomic E-state index is 0.227. The van der Waals surface area contributed by atoms with E-state index in [1.54, 1.807) is 18.2 Å². The topological polar surface area (TPSA) is 69.5 Å². The highest BCUT2D eigenvalue weighted by molar-refractivity contribution is 7.09. The maximum absolute atomic E-state index is 12.5. The van der Waals surface area contributed by atoms with Gasteiger partial charge >= 0.3 is 6.18 Å². The first-order valence-electron chi connectivity index (χ1n) is 8.20. The van der Waals surface area contributed by atoms with Gasteiger partial charge in [0.25, 0.3) is 0 Å². The Morgan fingerprint density at radius 1 is 1.27 bits per heavy atom. The van der Waals surface area contributed by atoms with Gasteiger partial charge in [-0.2, -0.15) is 13.2 Å². The minimum Gasteiger partial charge on any atom is -0.508 e. The molecule has 1 aromatic carbocycles. The lowest BCUT2D eigenvalue weighted by Crippen LogP contribution is -2.38. The van der Waals surface area contributed by atoms with E-state index in [4.69, 9.17) is 0 Å². The van der Waals surface area contributed by atoms with Gasteiger partial charge in [-0.05, 0) is 31.0 Å². The average Bonchev–Trinajstić information content (AvgIpc) is 3.04. The number of aliphatic imine (C=N–C) groups is 1. The lowest BCUT2D eigenvalue weighted by Gasteiger charge is -2.11. The first kappa shape index (κ1) is 20.0. The molecule has 1 heterocycles. The molecular weight excluding hydrogens is 365 g/mol. The molecule has 0 spiro atoms. The summed E-state index contributed by atoms with van der Waals surface area (Å²) in [6.07, 6.45) is -3.34. The SMILES string of the molecule is CCNC(=NCCc1nc(C(F)(F)F)cs1)NCCc1cccc(O)c1. The van der Waals surface area contributed by atoms with Crippen molar-refractivity contribution in [1.82, 2.24) is 15.6 Å². The van der Waals surface area contributed by atoms with Gasteiger partial charge in [-0.15, -0.1) is 11.3 Å². The smallest absolute Gasteiger partial charge is 0.434 e. The number of benzene rings is 1. The third-order valence-electron chi connectivity index (χ3n) is 3.40. The predicted octanol–water partition coefficient (Wildman–Crippen LogP) is 3.21. The van der Waals surface area contributed by atoms with Crippen LogP contribution in [-0.4, -0.2) is 35.7 Å². The number of aromatic nitrogens is 1. The van der Waals surface area contributed by atoms with E-state index in [0.717, 1.165) is 22.3 Å². The molecular formula is C17H21F3N4OS. The van der Waals surface area contributed by atoms with Crippen molar-refractivity contribution in [3.8, 4) is 5.75 Å². The Hall–Kier alpha value is -2.29. The Labute approximate surface area is 154 Å². The van der Waals surface area contributed by atoms with E-state index in [1.165, 1.54) is 0 Å². The van der Waals surface area contributed by atoms with Crippen LogP contribution < -0.4 is 10.6 Å². The third-order valence-corrected chi connectivity index (χ3v) is 4.31. The van der Waals surface area contributed by atoms with Gasteiger partial charge in [0.1, 0.15) is 5.75 Å². The summed E-state index contributed by atoms with van der Waals surface area (Å²) >= 11 is 0.993. The van der Waals surface area contributed by atoms with Crippen LogP contribution in [0, 0.1) is 0 Å². The maximum atomic E-state index is 12.5. The molecule has 0 saturated heterocycles. The monoisotopic (exact) mass is 386 g/mol. The first-order chi connectivity index (χ1) is 12.4. The number of phenolic OH excluding ortho intramolecular Hbond substituents is 1. The molecule has 2 aromatic rings. The van der Waals surface area contributed by atoms with Gasteiger partial charge < -0.3 is 15.7 Å². The molecule has 9 heteroatoms. The Morgan fingerprint density at radius 3 is 2.73 bits per heavy atom. The van der Waals surface area contributed by atoms with Crippen LogP contribution in [0.15, 0.2) is 34.6 Å². The van der Waals surface area contributed by atoms with Crippen molar-refractivity contribution in [1.29, 1.82) is 0 Å². The number of alkyl halides is 3. The van der Waals surface area contributed by atoms with E-state index in [9.17, 15) is 18.3 Å². The summed E-state index contributed by atoms with van der Waals surface area (Å²) in [7, 11) is 0. The number of guanidine groups is 1. The quantitative estimate of drug-likeness (QED) is 0.505. The summed E-state index contributed by atoms with van der Waals surface area (Å²) in [6, 6.07) is 7.02. The second-order valence-corrected chi connectivity index (χ2v) is 6.42. The highest BCUT2D eigenvalue weighted by Gasteiger charge is 2.33. The van der Waals surface area contributed by atoms with Gasteiger partial charge in [-0.1, -0.05) is 12.1 Å². The normalized spacial score (nSPS) is 12.2. The van der Waals surface area contributed by atoms with E-state index in [-0.39, 0.29) is 5.75 Å². The van der Waals surface area contributed by atoms with Crippen LogP contribution in [0.4, 0.5) is 13.2 Å². The number of phenols is 1. The van der Waals surface area contributed by atoms with Crippen LogP contribution in [0.3, 0.4) is 0 Å². The average molecular weight is 386 g/mol. The van der Waals surface area contributed by atoms with Gasteiger partial charge in [0.2, 0.25) is 0 Å². The molecule has 0 amide bonds. The maximum Gasteiger partial charge on any atom is 0.434 e. The largest absolute Gasteiger partial charge is 0.508 e. The third kappa shape index (κ3) is 6.55. The van der Waals surface area contributed by atoms with Crippen LogP contribution in [-0.2, 0) is 19.0 Å². The van der Waals surface area contributed by atoms with Crippen molar-refractivity contribution < 1.29 is 18.3 Å². The number of nitrogens with one attached hydrogen (secondary N) is 2. The summed E-state index contributed by atoms with van der Waals surface area (Å²) in [5.41, 5.74) is 0.147. The second-order valence-electron chi connectivity index (χ2n) is 5.48. The molecule has 5 nitrogen and oxygen atoms in total. The zero-order chi connectivity index (χ0) is 19.0. The lowest BCUT2D eigenvalue weighted by molar-refractivity contribution is -0.140. The molecule has 0 aliphatic heterocycles. The molecule has 142 valence electrons. The number of aromatic hydroxyl groups is 1. The van der Waals surface area contributed by atoms with Gasteiger partial charge in [-0.25, -0.2) is 4.98 Å². The summed E-state index contributed by atoms with van der Waals surface area (Å²) in [5, 5.41) is 17.1. The Kier molecular flexibility index (Phi) is 7.26. The van der Waals surface area contributed by atoms with Crippen molar-refractivity contribution in [2.24, 2.45) is 4.99 Å². The number of halogens is 3. The Bertz CT molecular complexity index is 731. The van der Waals surface area contributed by atoms with Gasteiger partial charge in [0.15, 0.2) is 11.7 Å². The molecule has 0 aliphatic carbocycles. The number of rotatable bonds is 7. The van der Waals surface area contributed by atoms with Gasteiger partial charge in [0, 0.05) is 31.4 Å². The van der Waals surface area contributed by atoms with E-state index in [0.29, 0.717) is 43.4 Å². The van der Waals surface area contributed by atoms with Crippen molar-refractivity contribution in [3.63, 3.8) is 0 Å². The van der Waals surface area contributed by atoms with Crippen LogP contribution in [0.5, 0.6) is 5.75 Å². The predicted molar refractivity (Wildman–Crippen MR) is 96.6 cm³/mol. The summed E-state index contributed by atoms with van der Waals surface area (Å²) in [5.74, 6) is 0.824. The van der Waals surface area contributed by atoms with Crippen molar-refractivity contribution in [2.45, 2.75) is 25.9 Å². The number of nitrogens with zero attached hydrogens (tertiary/aromatic N) is 2. The zero-order valence-corrected chi connectivity index (χ0v) is 15.1. The van der Waals surface area contributed by atoms with Gasteiger partial charge in [0.05, 0.1) is 5.01 Å². The Balaban J connectivity index is 1.83. The molecule has 0 radical (unpaired) electrons. The number of hydrogen-bond acceptors (Lipinski definition) is 4. The highest BCUT2D eigenvalue weighted by atomic mass is 32.1. The molecule has 0 saturated carbocycles. The summed E-state index contributed by atoms with van der Waals surface area (Å²) in [4.78, 5) is 7.95. The van der Waals surface area contributed by atoms with Crippen LogP contribution in [0.2, 0.25) is 0 Å². The van der Waals surface area contributed by atoms with Crippen molar-refractivity contribution >= 4 is 17.3 Å². The molecule has 2 rings (SSSR count). The van der Waals surface area contributed by atoms with Crippen LogP contribution in [0.25, 0.3) is 0 Å². The van der Waals surface area contributed by atoms with E-state index >= 15 is 0 Å². The van der Waals surface area contributed by atoms with Crippen LogP contribution >= 0.6 is 11.3 Å². The molecule has 1 aromatic heterocycles. The van der Waals surface area contributed by atoms with Crippen molar-refractivity contribution in [2.75, 3.05) is 19.6 Å². The van der Waals surface area contributed by atoms with Gasteiger partial charge in [-0.3, -0.25) is 4.99 Å². The molecule has 3 N–H and O–H groups in total. The van der Waals surface area contributed by atoms with E-state index in [2.05, 4.69) is 20.6 Å². The fraction of sp³-hybridized carbons (Fsp3) is 0.412. The van der Waals surface area contributed by atoms with E-state index < -0.39 is 11.9 Å². The first-order valence-corrected chi connectivity index (χ1v) is 9.08. The molecule has 26 heavy (non-hydrogen) atoms. The molecule has 0 unspecified atom stereocenters. The second kappa shape index (κ2) is 9.42. The highest BCUT2D eigenvalue weighted by Crippen LogP contribution is 2.30. The van der Waals surface area contributed by atoms with E-state index in [1.807, 2.05) is 13.0 Å². The molecule has 0 bridgehead atoms. The zero-order valence-electron chi connectivity index (χ0n) is 14.3.